The summed E-state index contributed by atoms with van der Waals surface area (Å²) < 4.78 is 6.36. The minimum atomic E-state index is -0.436. The Balaban J connectivity index is 1.39. The molecule has 0 bridgehead atoms. The third-order valence-electron chi connectivity index (χ3n) is 6.27. The molecule has 0 radical (unpaired) electrons. The van der Waals surface area contributed by atoms with E-state index in [2.05, 4.69) is 16.9 Å². The molecule has 1 amide bonds. The fourth-order valence-corrected chi connectivity index (χ4v) is 5.51. The van der Waals surface area contributed by atoms with Gasteiger partial charge in [-0.3, -0.25) is 4.79 Å². The zero-order chi connectivity index (χ0) is 21.4. The number of thiazole rings is 1. The molecule has 0 atom stereocenters. The van der Waals surface area contributed by atoms with Crippen LogP contribution in [-0.2, 0) is 23.2 Å². The lowest BCUT2D eigenvalue weighted by atomic mass is 9.83. The van der Waals surface area contributed by atoms with Gasteiger partial charge in [-0.25, -0.2) is 15.0 Å². The van der Waals surface area contributed by atoms with Crippen molar-refractivity contribution in [1.29, 1.82) is 0 Å². The molecule has 1 aromatic carbocycles. The van der Waals surface area contributed by atoms with Crippen LogP contribution < -0.4 is 0 Å². The predicted octanol–water partition coefficient (Wildman–Crippen LogP) is 4.18. The Bertz CT molecular complexity index is 1100. The molecular weight excluding hydrogens is 408 g/mol. The molecule has 160 valence electrons. The smallest absolute Gasteiger partial charge is 0.265 e. The third kappa shape index (κ3) is 3.66. The van der Waals surface area contributed by atoms with Gasteiger partial charge < -0.3 is 9.64 Å². The molecule has 6 nitrogen and oxygen atoms in total. The largest absolute Gasteiger partial charge is 0.368 e. The summed E-state index contributed by atoms with van der Waals surface area (Å²) in [6.07, 6.45) is 5.13. The quantitative estimate of drug-likeness (QED) is 0.619. The van der Waals surface area contributed by atoms with Crippen molar-refractivity contribution in [1.82, 2.24) is 19.9 Å². The monoisotopic (exact) mass is 434 g/mol. The maximum atomic E-state index is 13.1. The molecule has 0 unspecified atom stereocenters. The number of amides is 1. The second-order valence-electron chi connectivity index (χ2n) is 8.19. The molecule has 2 aromatic heterocycles. The Morgan fingerprint density at radius 3 is 2.68 bits per heavy atom. The highest BCUT2D eigenvalue weighted by atomic mass is 32.1. The number of nitrogens with zero attached hydrogens (tertiary/aromatic N) is 4. The normalized spacial score (nSPS) is 17.5. The van der Waals surface area contributed by atoms with Crippen molar-refractivity contribution in [3.63, 3.8) is 0 Å². The zero-order valence-electron chi connectivity index (χ0n) is 17.9. The van der Waals surface area contributed by atoms with Crippen LogP contribution in [0.1, 0.15) is 51.4 Å². The van der Waals surface area contributed by atoms with Gasteiger partial charge in [0.1, 0.15) is 10.5 Å². The molecular formula is C24H26N4O2S. The first-order chi connectivity index (χ1) is 15.1. The molecule has 7 heteroatoms. The van der Waals surface area contributed by atoms with Crippen LogP contribution in [0.5, 0.6) is 0 Å². The third-order valence-corrected chi connectivity index (χ3v) is 7.56. The number of carbonyl (C=O) groups excluding carboxylic acids is 1. The number of benzene rings is 1. The van der Waals surface area contributed by atoms with Crippen molar-refractivity contribution >= 4 is 17.2 Å². The van der Waals surface area contributed by atoms with Gasteiger partial charge in [-0.05, 0) is 38.2 Å². The number of carbonyl (C=O) groups is 1. The highest BCUT2D eigenvalue weighted by Gasteiger charge is 2.43. The van der Waals surface area contributed by atoms with E-state index in [1.165, 1.54) is 11.3 Å². The van der Waals surface area contributed by atoms with Gasteiger partial charge in [0.05, 0.1) is 23.0 Å². The fraction of sp³-hybridized carbons (Fsp3) is 0.417. The van der Waals surface area contributed by atoms with Crippen LogP contribution in [0, 0.1) is 6.92 Å². The number of ether oxygens (including phenoxy) is 1. The maximum Gasteiger partial charge on any atom is 0.265 e. The molecule has 1 saturated heterocycles. The first-order valence-electron chi connectivity index (χ1n) is 10.9. The van der Waals surface area contributed by atoms with E-state index in [4.69, 9.17) is 9.72 Å². The molecule has 0 saturated carbocycles. The minimum Gasteiger partial charge on any atom is -0.368 e. The van der Waals surface area contributed by atoms with E-state index in [1.807, 2.05) is 48.4 Å². The topological polar surface area (TPSA) is 68.2 Å². The highest BCUT2D eigenvalue weighted by molar-refractivity contribution is 7.13. The molecule has 2 aliphatic rings. The Kier molecular flexibility index (Phi) is 5.32. The molecule has 2 aliphatic heterocycles. The van der Waals surface area contributed by atoms with E-state index in [1.54, 1.807) is 0 Å². The van der Waals surface area contributed by atoms with Gasteiger partial charge in [0.15, 0.2) is 5.82 Å². The molecule has 0 N–H and O–H groups in total. The van der Waals surface area contributed by atoms with Crippen LogP contribution in [0.15, 0.2) is 36.5 Å². The van der Waals surface area contributed by atoms with E-state index in [0.717, 1.165) is 63.9 Å². The van der Waals surface area contributed by atoms with Crippen molar-refractivity contribution in [2.24, 2.45) is 0 Å². The summed E-state index contributed by atoms with van der Waals surface area (Å²) in [4.78, 5) is 30.0. The minimum absolute atomic E-state index is 0.0910. The number of fused-ring (bicyclic) bond motifs is 2. The van der Waals surface area contributed by atoms with Gasteiger partial charge in [0.2, 0.25) is 0 Å². The fourth-order valence-electron chi connectivity index (χ4n) is 4.53. The Morgan fingerprint density at radius 2 is 1.97 bits per heavy atom. The lowest BCUT2D eigenvalue weighted by Crippen LogP contribution is -2.49. The lowest BCUT2D eigenvalue weighted by Gasteiger charge is -2.44. The standard InChI is InChI=1S/C24H26N4O2S/c1-3-19-26-16(2)20(31-19)23(29)28-12-10-24(11-13-28)21-18(9-14-30-24)15-25-22(27-21)17-7-5-4-6-8-17/h4-8,15H,3,9-14H2,1-2H3. The molecule has 1 spiro atoms. The molecule has 31 heavy (non-hydrogen) atoms. The van der Waals surface area contributed by atoms with E-state index < -0.39 is 5.60 Å². The Hall–Kier alpha value is -2.64. The summed E-state index contributed by atoms with van der Waals surface area (Å²) in [5.74, 6) is 0.823. The van der Waals surface area contributed by atoms with Crippen molar-refractivity contribution in [3.8, 4) is 11.4 Å². The number of aryl methyl sites for hydroxylation is 2. The van der Waals surface area contributed by atoms with Crippen molar-refractivity contribution in [3.05, 3.63) is 63.4 Å². The van der Waals surface area contributed by atoms with Crippen LogP contribution in [-0.4, -0.2) is 45.5 Å². The number of rotatable bonds is 3. The van der Waals surface area contributed by atoms with E-state index in [0.29, 0.717) is 19.7 Å². The van der Waals surface area contributed by atoms with Gasteiger partial charge >= 0.3 is 0 Å². The van der Waals surface area contributed by atoms with Crippen LogP contribution in [0.4, 0.5) is 0 Å². The molecule has 5 rings (SSSR count). The predicted molar refractivity (Wildman–Crippen MR) is 120 cm³/mol. The SMILES string of the molecule is CCc1nc(C)c(C(=O)N2CCC3(CC2)OCCc2cnc(-c4ccccc4)nc23)s1. The number of hydrogen-bond acceptors (Lipinski definition) is 6. The molecule has 4 heterocycles. The molecule has 1 fully saturated rings. The summed E-state index contributed by atoms with van der Waals surface area (Å²) in [6, 6.07) is 10.1. The zero-order valence-corrected chi connectivity index (χ0v) is 18.7. The lowest BCUT2D eigenvalue weighted by molar-refractivity contribution is -0.0966. The number of likely N-dealkylation sites (tertiary alicyclic amines) is 1. The maximum absolute atomic E-state index is 13.1. The van der Waals surface area contributed by atoms with Crippen LogP contribution in [0.2, 0.25) is 0 Å². The van der Waals surface area contributed by atoms with Gasteiger partial charge in [0, 0.05) is 24.8 Å². The van der Waals surface area contributed by atoms with Gasteiger partial charge in [-0.1, -0.05) is 37.3 Å². The second-order valence-corrected chi connectivity index (χ2v) is 9.28. The van der Waals surface area contributed by atoms with Crippen molar-refractivity contribution in [2.75, 3.05) is 19.7 Å². The van der Waals surface area contributed by atoms with E-state index in [9.17, 15) is 4.79 Å². The summed E-state index contributed by atoms with van der Waals surface area (Å²) in [5, 5.41) is 1.02. The van der Waals surface area contributed by atoms with Gasteiger partial charge in [-0.15, -0.1) is 11.3 Å². The van der Waals surface area contributed by atoms with E-state index in [-0.39, 0.29) is 5.91 Å². The molecule has 0 aliphatic carbocycles. The second kappa shape index (κ2) is 8.13. The average Bonchev–Trinajstić information content (AvgIpc) is 3.20. The summed E-state index contributed by atoms with van der Waals surface area (Å²) in [5.41, 5.74) is 3.57. The first-order valence-corrected chi connectivity index (χ1v) is 11.7. The average molecular weight is 435 g/mol. The van der Waals surface area contributed by atoms with Gasteiger partial charge in [-0.2, -0.15) is 0 Å². The van der Waals surface area contributed by atoms with Crippen LogP contribution in [0.3, 0.4) is 0 Å². The van der Waals surface area contributed by atoms with Crippen LogP contribution in [0.25, 0.3) is 11.4 Å². The van der Waals surface area contributed by atoms with Gasteiger partial charge in [0.25, 0.3) is 5.91 Å². The first kappa shape index (κ1) is 20.3. The molecule has 3 aromatic rings. The van der Waals surface area contributed by atoms with Crippen molar-refractivity contribution in [2.45, 2.75) is 45.1 Å². The number of hydrogen-bond donors (Lipinski definition) is 0. The summed E-state index contributed by atoms with van der Waals surface area (Å²) >= 11 is 1.52. The Morgan fingerprint density at radius 1 is 1.19 bits per heavy atom. The highest BCUT2D eigenvalue weighted by Crippen LogP contribution is 2.41. The van der Waals surface area contributed by atoms with Crippen LogP contribution >= 0.6 is 11.3 Å². The summed E-state index contributed by atoms with van der Waals surface area (Å²) in [6.45, 7) is 5.98. The number of aromatic nitrogens is 3. The number of piperidine rings is 1. The van der Waals surface area contributed by atoms with Crippen molar-refractivity contribution < 1.29 is 9.53 Å². The summed E-state index contributed by atoms with van der Waals surface area (Å²) in [7, 11) is 0. The Labute approximate surface area is 186 Å². The van der Waals surface area contributed by atoms with E-state index >= 15 is 0 Å².